The van der Waals surface area contributed by atoms with Gasteiger partial charge in [-0.3, -0.25) is 4.90 Å². The van der Waals surface area contributed by atoms with Crippen LogP contribution >= 0.6 is 11.3 Å². The summed E-state index contributed by atoms with van der Waals surface area (Å²) in [6.07, 6.45) is -0.374. The Bertz CT molecular complexity index is 2240. The molecule has 12 heteroatoms. The quantitative estimate of drug-likeness (QED) is 0.170. The van der Waals surface area contributed by atoms with Gasteiger partial charge in [-0.1, -0.05) is 24.3 Å². The number of halogens is 3. The van der Waals surface area contributed by atoms with E-state index in [2.05, 4.69) is 79.0 Å². The van der Waals surface area contributed by atoms with E-state index in [9.17, 15) is 18.4 Å². The molecule has 8 nitrogen and oxygen atoms in total. The molecule has 1 atom stereocenters. The van der Waals surface area contributed by atoms with Gasteiger partial charge in [0.25, 0.3) is 0 Å². The zero-order valence-corrected chi connectivity index (χ0v) is 28.3. The fraction of sp³-hybridized carbons (Fsp3) is 0.378. The Hall–Kier alpha value is -4.60. The van der Waals surface area contributed by atoms with Gasteiger partial charge < -0.3 is 19.8 Å². The number of anilines is 2. The van der Waals surface area contributed by atoms with Gasteiger partial charge in [0.2, 0.25) is 5.95 Å². The highest BCUT2D eigenvalue weighted by Gasteiger charge is 2.44. The molecule has 1 unspecified atom stereocenters. The van der Waals surface area contributed by atoms with E-state index in [4.69, 9.17) is 4.98 Å². The number of hydrogen-bond acceptors (Lipinski definition) is 7. The van der Waals surface area contributed by atoms with E-state index in [1.54, 1.807) is 13.1 Å². The average Bonchev–Trinajstić information content (AvgIpc) is 3.91. The summed E-state index contributed by atoms with van der Waals surface area (Å²) in [4.78, 5) is 18.2. The molecule has 4 aromatic heterocycles. The van der Waals surface area contributed by atoms with Crippen molar-refractivity contribution in [3.05, 3.63) is 82.0 Å². The Labute approximate surface area is 286 Å². The number of benzene rings is 2. The number of nitrogens with zero attached hydrogens (tertiary/aromatic N) is 6. The minimum Gasteiger partial charge on any atom is -0.361 e. The Morgan fingerprint density at radius 2 is 1.90 bits per heavy atom. The summed E-state index contributed by atoms with van der Waals surface area (Å²) >= 11 is 1.09. The number of thiophene rings is 1. The number of nitrogens with one attached hydrogen (secondary N) is 2. The Morgan fingerprint density at radius 1 is 1.04 bits per heavy atom. The SMILES string of the molecule is CNc1nc(N2CCC3(CCN(Cc4ccc5c(cc(C#N)n5CCc5cccc6cc[nH]c56)c4C)C3)C2)c2cc(CC(F)(F)F)sc2n1. The molecule has 8 rings (SSSR count). The number of fused-ring (bicyclic) bond motifs is 3. The van der Waals surface area contributed by atoms with Gasteiger partial charge in [-0.15, -0.1) is 11.3 Å². The smallest absolute Gasteiger partial charge is 0.361 e. The lowest BCUT2D eigenvalue weighted by Gasteiger charge is -2.26. The number of aromatic nitrogens is 4. The number of aromatic amines is 1. The van der Waals surface area contributed by atoms with Gasteiger partial charge in [0, 0.05) is 72.7 Å². The summed E-state index contributed by atoms with van der Waals surface area (Å²) < 4.78 is 41.7. The third-order valence-electron chi connectivity index (χ3n) is 10.5. The molecule has 0 amide bonds. The van der Waals surface area contributed by atoms with Crippen LogP contribution in [-0.2, 0) is 25.9 Å². The van der Waals surface area contributed by atoms with Crippen LogP contribution in [0, 0.1) is 23.7 Å². The predicted octanol–water partition coefficient (Wildman–Crippen LogP) is 7.80. The fourth-order valence-corrected chi connectivity index (χ4v) is 9.12. The fourth-order valence-electron chi connectivity index (χ4n) is 8.06. The van der Waals surface area contributed by atoms with Crippen molar-refractivity contribution in [1.29, 1.82) is 5.26 Å². The first kappa shape index (κ1) is 31.7. The number of likely N-dealkylation sites (tertiary alicyclic amines) is 1. The highest BCUT2D eigenvalue weighted by atomic mass is 32.1. The van der Waals surface area contributed by atoms with Crippen molar-refractivity contribution in [3.63, 3.8) is 0 Å². The number of nitriles is 1. The molecule has 252 valence electrons. The van der Waals surface area contributed by atoms with Crippen LogP contribution in [-0.4, -0.2) is 63.8 Å². The van der Waals surface area contributed by atoms with Gasteiger partial charge in [-0.25, -0.2) is 4.98 Å². The summed E-state index contributed by atoms with van der Waals surface area (Å²) in [5, 5.41) is 16.1. The maximum atomic E-state index is 13.2. The van der Waals surface area contributed by atoms with E-state index in [1.807, 2.05) is 12.3 Å². The Balaban J connectivity index is 0.987. The first-order valence-electron chi connectivity index (χ1n) is 16.7. The van der Waals surface area contributed by atoms with Crippen LogP contribution in [0.3, 0.4) is 0 Å². The molecule has 2 aliphatic heterocycles. The first-order valence-corrected chi connectivity index (χ1v) is 17.5. The molecule has 2 N–H and O–H groups in total. The largest absolute Gasteiger partial charge is 0.393 e. The van der Waals surface area contributed by atoms with Crippen molar-refractivity contribution < 1.29 is 13.2 Å². The molecule has 2 aromatic carbocycles. The van der Waals surface area contributed by atoms with Crippen molar-refractivity contribution in [2.24, 2.45) is 5.41 Å². The second kappa shape index (κ2) is 12.1. The third kappa shape index (κ3) is 5.89. The monoisotopic (exact) mass is 682 g/mol. The van der Waals surface area contributed by atoms with E-state index in [-0.39, 0.29) is 10.3 Å². The zero-order chi connectivity index (χ0) is 33.9. The first-order chi connectivity index (χ1) is 23.6. The van der Waals surface area contributed by atoms with Gasteiger partial charge in [-0.2, -0.15) is 23.4 Å². The number of para-hydroxylation sites is 1. The van der Waals surface area contributed by atoms with Gasteiger partial charge >= 0.3 is 6.18 Å². The Kier molecular flexibility index (Phi) is 7.80. The normalized spacial score (nSPS) is 18.5. The number of aryl methyl sites for hydroxylation is 3. The highest BCUT2D eigenvalue weighted by molar-refractivity contribution is 7.18. The molecule has 1 spiro atoms. The third-order valence-corrected chi connectivity index (χ3v) is 11.6. The summed E-state index contributed by atoms with van der Waals surface area (Å²) in [7, 11) is 1.73. The van der Waals surface area contributed by atoms with Crippen LogP contribution in [0.25, 0.3) is 32.0 Å². The summed E-state index contributed by atoms with van der Waals surface area (Å²) in [6, 6.07) is 18.9. The lowest BCUT2D eigenvalue weighted by Crippen LogP contribution is -2.31. The van der Waals surface area contributed by atoms with Crippen molar-refractivity contribution in [2.45, 2.75) is 51.9 Å². The van der Waals surface area contributed by atoms with Crippen molar-refractivity contribution >= 4 is 55.1 Å². The van der Waals surface area contributed by atoms with Gasteiger partial charge in [-0.05, 0) is 79.1 Å². The van der Waals surface area contributed by atoms with Crippen LogP contribution in [0.5, 0.6) is 0 Å². The minimum absolute atomic E-state index is 0.0964. The molecular formula is C37H37F3N8S. The molecule has 0 aliphatic carbocycles. The van der Waals surface area contributed by atoms with E-state index in [0.29, 0.717) is 21.9 Å². The van der Waals surface area contributed by atoms with Crippen LogP contribution in [0.2, 0.25) is 0 Å². The molecule has 49 heavy (non-hydrogen) atoms. The molecular weight excluding hydrogens is 646 g/mol. The van der Waals surface area contributed by atoms with Gasteiger partial charge in [0.15, 0.2) is 0 Å². The van der Waals surface area contributed by atoms with Crippen LogP contribution in [0.1, 0.15) is 40.1 Å². The maximum absolute atomic E-state index is 13.2. The van der Waals surface area contributed by atoms with Crippen molar-refractivity contribution in [2.75, 3.05) is 43.4 Å². The molecule has 6 aromatic rings. The van der Waals surface area contributed by atoms with E-state index < -0.39 is 12.6 Å². The summed E-state index contributed by atoms with van der Waals surface area (Å²) in [5.41, 5.74) is 6.73. The lowest BCUT2D eigenvalue weighted by atomic mass is 9.86. The summed E-state index contributed by atoms with van der Waals surface area (Å²) in [5.74, 6) is 1.15. The van der Waals surface area contributed by atoms with Gasteiger partial charge in [0.1, 0.15) is 22.4 Å². The number of alkyl halides is 3. The van der Waals surface area contributed by atoms with Crippen LogP contribution in [0.15, 0.2) is 54.7 Å². The van der Waals surface area contributed by atoms with E-state index in [0.717, 1.165) is 92.1 Å². The maximum Gasteiger partial charge on any atom is 0.393 e. The zero-order valence-electron chi connectivity index (χ0n) is 27.5. The topological polar surface area (TPSA) is 88.8 Å². The van der Waals surface area contributed by atoms with E-state index in [1.165, 1.54) is 22.1 Å². The van der Waals surface area contributed by atoms with Crippen LogP contribution in [0.4, 0.5) is 24.9 Å². The number of rotatable bonds is 8. The molecule has 0 saturated carbocycles. The number of hydrogen-bond donors (Lipinski definition) is 2. The average molecular weight is 683 g/mol. The predicted molar refractivity (Wildman–Crippen MR) is 189 cm³/mol. The molecule has 2 saturated heterocycles. The number of H-pyrrole nitrogens is 1. The van der Waals surface area contributed by atoms with Gasteiger partial charge in [0.05, 0.1) is 11.8 Å². The lowest BCUT2D eigenvalue weighted by molar-refractivity contribution is -0.126. The second-order valence-electron chi connectivity index (χ2n) is 13.7. The highest BCUT2D eigenvalue weighted by Crippen LogP contribution is 2.44. The molecule has 2 aliphatic rings. The second-order valence-corrected chi connectivity index (χ2v) is 14.8. The molecule has 6 heterocycles. The summed E-state index contributed by atoms with van der Waals surface area (Å²) in [6.45, 7) is 7.27. The molecule has 2 fully saturated rings. The van der Waals surface area contributed by atoms with E-state index >= 15 is 0 Å². The minimum atomic E-state index is -4.27. The molecule has 0 bridgehead atoms. The Morgan fingerprint density at radius 3 is 2.71 bits per heavy atom. The van der Waals surface area contributed by atoms with Crippen LogP contribution < -0.4 is 10.2 Å². The van der Waals surface area contributed by atoms with Crippen molar-refractivity contribution in [3.8, 4) is 6.07 Å². The van der Waals surface area contributed by atoms with Crippen molar-refractivity contribution in [1.82, 2.24) is 24.4 Å². The molecule has 0 radical (unpaired) electrons. The standard InChI is InChI=1S/C37H37F3N8S/c1-23-26(6-7-31-29(23)16-27(19-41)48(31)13-9-25-5-3-4-24-8-12-43-32(24)25)20-46-14-10-36(21-46)11-15-47(22-36)33-30-17-28(18-37(38,39)40)49-34(30)45-35(42-2)44-33/h3-8,12,16-17,43H,9-11,13-15,18,20-22H2,1-2H3,(H,42,44,45).